The van der Waals surface area contributed by atoms with Crippen LogP contribution in [0.5, 0.6) is 5.75 Å². The molecule has 108 valence electrons. The molecular weight excluding hydrogens is 288 g/mol. The van der Waals surface area contributed by atoms with Crippen molar-refractivity contribution in [2.45, 2.75) is 0 Å². The Kier molecular flexibility index (Phi) is 4.98. The second-order valence-electron chi connectivity index (χ2n) is 4.29. The molecule has 0 aliphatic heterocycles. The molecule has 0 heterocycles. The van der Waals surface area contributed by atoms with Crippen LogP contribution in [0.25, 0.3) is 6.08 Å². The molecule has 0 bridgehead atoms. The predicted octanol–water partition coefficient (Wildman–Crippen LogP) is 3.27. The second-order valence-corrected chi connectivity index (χ2v) is 4.73. The number of rotatable bonds is 4. The Balaban J connectivity index is 2.06. The Hall–Kier alpha value is -2.30. The van der Waals surface area contributed by atoms with E-state index in [0.29, 0.717) is 16.5 Å². The van der Waals surface area contributed by atoms with Gasteiger partial charge in [0.05, 0.1) is 12.8 Å². The van der Waals surface area contributed by atoms with Crippen molar-refractivity contribution >= 4 is 29.3 Å². The molecule has 0 spiro atoms. The van der Waals surface area contributed by atoms with Crippen LogP contribution in [0.4, 0.5) is 5.69 Å². The summed E-state index contributed by atoms with van der Waals surface area (Å²) >= 11 is 5.80. The van der Waals surface area contributed by atoms with E-state index in [1.54, 1.807) is 49.6 Å². The first kappa shape index (κ1) is 15.1. The number of ether oxygens (including phenoxy) is 1. The standard InChI is InChI=1S/C16H15ClN2O2/c1-21-15-9-7-14(8-10-15)19(18)16(20)11-4-12-2-5-13(17)6-3-12/h2-11H,18H2,1H3. The highest BCUT2D eigenvalue weighted by atomic mass is 35.5. The lowest BCUT2D eigenvalue weighted by Gasteiger charge is -2.14. The molecule has 0 radical (unpaired) electrons. The molecule has 2 aromatic carbocycles. The van der Waals surface area contributed by atoms with E-state index in [9.17, 15) is 4.79 Å². The molecule has 21 heavy (non-hydrogen) atoms. The molecule has 0 aromatic heterocycles. The molecule has 0 aliphatic carbocycles. The van der Waals surface area contributed by atoms with Crippen molar-refractivity contribution < 1.29 is 9.53 Å². The van der Waals surface area contributed by atoms with Gasteiger partial charge in [0.25, 0.3) is 5.91 Å². The van der Waals surface area contributed by atoms with Crippen molar-refractivity contribution in [3.8, 4) is 5.75 Å². The molecule has 1 amide bonds. The largest absolute Gasteiger partial charge is 0.497 e. The van der Waals surface area contributed by atoms with Gasteiger partial charge in [0.15, 0.2) is 0 Å². The Bertz CT molecular complexity index is 636. The van der Waals surface area contributed by atoms with Crippen LogP contribution >= 0.6 is 11.6 Å². The van der Waals surface area contributed by atoms with E-state index in [1.807, 2.05) is 12.1 Å². The molecule has 4 nitrogen and oxygen atoms in total. The number of benzene rings is 2. The van der Waals surface area contributed by atoms with Crippen molar-refractivity contribution in [2.24, 2.45) is 5.84 Å². The monoisotopic (exact) mass is 302 g/mol. The summed E-state index contributed by atoms with van der Waals surface area (Å²) in [6.45, 7) is 0. The first-order valence-electron chi connectivity index (χ1n) is 6.26. The average molecular weight is 303 g/mol. The molecule has 5 heteroatoms. The number of carbonyl (C=O) groups excluding carboxylic acids is 1. The van der Waals surface area contributed by atoms with E-state index in [4.69, 9.17) is 22.2 Å². The Morgan fingerprint density at radius 1 is 1.14 bits per heavy atom. The smallest absolute Gasteiger partial charge is 0.265 e. The molecule has 0 fully saturated rings. The van der Waals surface area contributed by atoms with E-state index in [2.05, 4.69) is 0 Å². The average Bonchev–Trinajstić information content (AvgIpc) is 2.53. The number of anilines is 1. The normalized spacial score (nSPS) is 10.6. The van der Waals surface area contributed by atoms with E-state index in [-0.39, 0.29) is 5.91 Å². The molecule has 0 saturated heterocycles. The van der Waals surface area contributed by atoms with Gasteiger partial charge in [-0.25, -0.2) is 10.9 Å². The number of hydrogen-bond donors (Lipinski definition) is 1. The van der Waals surface area contributed by atoms with Crippen molar-refractivity contribution in [2.75, 3.05) is 12.1 Å². The number of hydrazine groups is 1. The zero-order chi connectivity index (χ0) is 15.2. The van der Waals surface area contributed by atoms with Gasteiger partial charge in [0.2, 0.25) is 0 Å². The summed E-state index contributed by atoms with van der Waals surface area (Å²) in [5.74, 6) is 6.17. The Morgan fingerprint density at radius 3 is 2.33 bits per heavy atom. The van der Waals surface area contributed by atoms with Crippen LogP contribution in [0, 0.1) is 0 Å². The SMILES string of the molecule is COc1ccc(N(N)C(=O)C=Cc2ccc(Cl)cc2)cc1. The van der Waals surface area contributed by atoms with E-state index in [0.717, 1.165) is 10.6 Å². The van der Waals surface area contributed by atoms with Crippen LogP contribution in [0.3, 0.4) is 0 Å². The van der Waals surface area contributed by atoms with Gasteiger partial charge < -0.3 is 4.74 Å². The maximum Gasteiger partial charge on any atom is 0.265 e. The fraction of sp³-hybridized carbons (Fsp3) is 0.0625. The highest BCUT2D eigenvalue weighted by molar-refractivity contribution is 6.30. The van der Waals surface area contributed by atoms with Gasteiger partial charge in [-0.1, -0.05) is 23.7 Å². The Labute approximate surface area is 128 Å². The predicted molar refractivity (Wildman–Crippen MR) is 85.2 cm³/mol. The first-order valence-corrected chi connectivity index (χ1v) is 6.64. The topological polar surface area (TPSA) is 55.6 Å². The van der Waals surface area contributed by atoms with Gasteiger partial charge >= 0.3 is 0 Å². The first-order chi connectivity index (χ1) is 10.1. The zero-order valence-electron chi connectivity index (χ0n) is 11.5. The van der Waals surface area contributed by atoms with Crippen LogP contribution in [0.2, 0.25) is 5.02 Å². The lowest BCUT2D eigenvalue weighted by molar-refractivity contribution is -0.114. The third-order valence-electron chi connectivity index (χ3n) is 2.88. The van der Waals surface area contributed by atoms with Gasteiger partial charge in [-0.2, -0.15) is 0 Å². The summed E-state index contributed by atoms with van der Waals surface area (Å²) in [5.41, 5.74) is 1.46. The molecular formula is C16H15ClN2O2. The molecule has 2 rings (SSSR count). The van der Waals surface area contributed by atoms with Crippen LogP contribution in [-0.2, 0) is 4.79 Å². The highest BCUT2D eigenvalue weighted by Gasteiger charge is 2.08. The van der Waals surface area contributed by atoms with Crippen molar-refractivity contribution in [3.63, 3.8) is 0 Å². The van der Waals surface area contributed by atoms with Crippen LogP contribution in [0.1, 0.15) is 5.56 Å². The minimum Gasteiger partial charge on any atom is -0.497 e. The summed E-state index contributed by atoms with van der Waals surface area (Å²) in [5, 5.41) is 1.73. The van der Waals surface area contributed by atoms with Gasteiger partial charge in [-0.05, 0) is 48.0 Å². The minimum atomic E-state index is -0.324. The quantitative estimate of drug-likeness (QED) is 0.408. The van der Waals surface area contributed by atoms with Crippen LogP contribution in [0.15, 0.2) is 54.6 Å². The maximum absolute atomic E-state index is 12.0. The summed E-state index contributed by atoms with van der Waals surface area (Å²) in [6, 6.07) is 14.1. The van der Waals surface area contributed by atoms with E-state index >= 15 is 0 Å². The fourth-order valence-electron chi connectivity index (χ4n) is 1.69. The number of nitrogens with zero attached hydrogens (tertiary/aromatic N) is 1. The third kappa shape index (κ3) is 4.08. The third-order valence-corrected chi connectivity index (χ3v) is 3.13. The highest BCUT2D eigenvalue weighted by Crippen LogP contribution is 2.17. The number of methoxy groups -OCH3 is 1. The van der Waals surface area contributed by atoms with Gasteiger partial charge in [0.1, 0.15) is 5.75 Å². The van der Waals surface area contributed by atoms with Crippen LogP contribution < -0.4 is 15.6 Å². The van der Waals surface area contributed by atoms with E-state index < -0.39 is 0 Å². The van der Waals surface area contributed by atoms with Gasteiger partial charge in [-0.15, -0.1) is 0 Å². The van der Waals surface area contributed by atoms with E-state index in [1.165, 1.54) is 6.08 Å². The molecule has 0 aliphatic rings. The molecule has 2 N–H and O–H groups in total. The summed E-state index contributed by atoms with van der Waals surface area (Å²) < 4.78 is 5.06. The molecule has 0 atom stereocenters. The number of amides is 1. The molecule has 0 saturated carbocycles. The lowest BCUT2D eigenvalue weighted by atomic mass is 10.2. The Morgan fingerprint density at radius 2 is 1.76 bits per heavy atom. The number of carbonyl (C=O) groups is 1. The summed E-state index contributed by atoms with van der Waals surface area (Å²) in [7, 11) is 1.58. The van der Waals surface area contributed by atoms with Crippen molar-refractivity contribution in [1.82, 2.24) is 0 Å². The fourth-order valence-corrected chi connectivity index (χ4v) is 1.82. The van der Waals surface area contributed by atoms with Crippen molar-refractivity contribution in [3.05, 3.63) is 65.2 Å². The number of halogens is 1. The summed E-state index contributed by atoms with van der Waals surface area (Å²) in [4.78, 5) is 12.0. The van der Waals surface area contributed by atoms with Gasteiger partial charge in [0, 0.05) is 11.1 Å². The molecule has 2 aromatic rings. The van der Waals surface area contributed by atoms with Gasteiger partial charge in [-0.3, -0.25) is 4.79 Å². The second kappa shape index (κ2) is 6.92. The zero-order valence-corrected chi connectivity index (χ0v) is 12.2. The maximum atomic E-state index is 12.0. The molecule has 0 unspecified atom stereocenters. The number of hydrogen-bond acceptors (Lipinski definition) is 3. The van der Waals surface area contributed by atoms with Crippen LogP contribution in [-0.4, -0.2) is 13.0 Å². The van der Waals surface area contributed by atoms with Crippen molar-refractivity contribution in [1.29, 1.82) is 0 Å². The lowest BCUT2D eigenvalue weighted by Crippen LogP contribution is -2.36. The summed E-state index contributed by atoms with van der Waals surface area (Å²) in [6.07, 6.45) is 3.09. The minimum absolute atomic E-state index is 0.324. The number of nitrogens with two attached hydrogens (primary N) is 1.